The summed E-state index contributed by atoms with van der Waals surface area (Å²) >= 11 is 0. The molecule has 0 N–H and O–H groups in total. The quantitative estimate of drug-likeness (QED) is 0.365. The first-order chi connectivity index (χ1) is 15.5. The molecule has 0 bridgehead atoms. The maximum atomic E-state index is 13.1. The molecule has 1 fully saturated rings. The Morgan fingerprint density at radius 3 is 2.27 bits per heavy atom. The zero-order valence-corrected chi connectivity index (χ0v) is 18.0. The van der Waals surface area contributed by atoms with Crippen LogP contribution in [0.25, 0.3) is 0 Å². The standard InChI is InChI=1S/C22H24F6N2O3/c1-3-16-11-17(8-9-30(16)20-7-5-15(12-29-20)22(26,27)28)33-18-6-4-14(21(23,24)25)10-19(18)32-13-31-2/h4-7,10,12,16-17H,3,8-9,11,13H2,1-2H3/t16-,17-/m0/s1. The Hall–Kier alpha value is -2.69. The first-order valence-corrected chi connectivity index (χ1v) is 10.3. The van der Waals surface area contributed by atoms with E-state index in [1.54, 1.807) is 0 Å². The second-order valence-electron chi connectivity index (χ2n) is 7.63. The summed E-state index contributed by atoms with van der Waals surface area (Å²) in [5, 5.41) is 0. The molecule has 0 spiro atoms. The highest BCUT2D eigenvalue weighted by atomic mass is 19.4. The monoisotopic (exact) mass is 478 g/mol. The van der Waals surface area contributed by atoms with E-state index >= 15 is 0 Å². The lowest BCUT2D eigenvalue weighted by atomic mass is 9.97. The minimum atomic E-state index is -4.53. The smallest absolute Gasteiger partial charge is 0.417 e. The molecule has 11 heteroatoms. The van der Waals surface area contributed by atoms with Crippen LogP contribution in [0.2, 0.25) is 0 Å². The number of ether oxygens (including phenoxy) is 3. The number of methoxy groups -OCH3 is 1. The topological polar surface area (TPSA) is 43.8 Å². The Bertz CT molecular complexity index is 918. The summed E-state index contributed by atoms with van der Waals surface area (Å²) in [4.78, 5) is 5.91. The third kappa shape index (κ3) is 6.21. The number of nitrogens with zero attached hydrogens (tertiary/aromatic N) is 2. The van der Waals surface area contributed by atoms with Crippen molar-refractivity contribution in [1.82, 2.24) is 4.98 Å². The number of anilines is 1. The molecule has 3 rings (SSSR count). The molecule has 1 aliphatic rings. The molecule has 33 heavy (non-hydrogen) atoms. The maximum Gasteiger partial charge on any atom is 0.417 e. The number of pyridine rings is 1. The first-order valence-electron chi connectivity index (χ1n) is 10.3. The van der Waals surface area contributed by atoms with E-state index in [-0.39, 0.29) is 30.4 Å². The molecule has 2 aromatic rings. The Labute approximate surface area is 187 Å². The third-order valence-corrected chi connectivity index (χ3v) is 5.41. The van der Waals surface area contributed by atoms with Crippen molar-refractivity contribution in [3.05, 3.63) is 47.7 Å². The van der Waals surface area contributed by atoms with E-state index in [9.17, 15) is 26.3 Å². The van der Waals surface area contributed by atoms with Gasteiger partial charge in [0, 0.05) is 38.7 Å². The Morgan fingerprint density at radius 1 is 1.00 bits per heavy atom. The fourth-order valence-corrected chi connectivity index (χ4v) is 3.73. The van der Waals surface area contributed by atoms with Crippen LogP contribution < -0.4 is 14.4 Å². The summed E-state index contributed by atoms with van der Waals surface area (Å²) in [6.07, 6.45) is -6.79. The molecular weight excluding hydrogens is 454 g/mol. The number of rotatable bonds is 7. The van der Waals surface area contributed by atoms with Gasteiger partial charge < -0.3 is 19.1 Å². The fourth-order valence-electron chi connectivity index (χ4n) is 3.73. The van der Waals surface area contributed by atoms with Gasteiger partial charge in [0.2, 0.25) is 0 Å². The molecule has 1 saturated heterocycles. The van der Waals surface area contributed by atoms with Crippen molar-refractivity contribution < 1.29 is 40.6 Å². The predicted molar refractivity (Wildman–Crippen MR) is 108 cm³/mol. The van der Waals surface area contributed by atoms with Crippen molar-refractivity contribution in [2.75, 3.05) is 25.3 Å². The lowest BCUT2D eigenvalue weighted by Crippen LogP contribution is -2.46. The number of hydrogen-bond acceptors (Lipinski definition) is 5. The molecule has 5 nitrogen and oxygen atoms in total. The summed E-state index contributed by atoms with van der Waals surface area (Å²) < 4.78 is 93.7. The SMILES string of the molecule is CC[C@H]1C[C@@H](Oc2ccc(C(F)(F)F)cc2OCOC)CCN1c1ccc(C(F)(F)F)cn1. The highest BCUT2D eigenvalue weighted by molar-refractivity contribution is 5.45. The van der Waals surface area contributed by atoms with Crippen LogP contribution in [0.4, 0.5) is 32.2 Å². The molecule has 1 aromatic heterocycles. The van der Waals surface area contributed by atoms with Crippen LogP contribution in [0.3, 0.4) is 0 Å². The van der Waals surface area contributed by atoms with E-state index in [0.717, 1.165) is 24.4 Å². The van der Waals surface area contributed by atoms with E-state index in [4.69, 9.17) is 14.2 Å². The summed E-state index contributed by atoms with van der Waals surface area (Å²) in [6.45, 7) is 2.17. The average Bonchev–Trinajstić information content (AvgIpc) is 2.77. The van der Waals surface area contributed by atoms with Crippen molar-refractivity contribution >= 4 is 5.82 Å². The molecule has 2 heterocycles. The molecule has 0 amide bonds. The van der Waals surface area contributed by atoms with Crippen LogP contribution in [-0.4, -0.2) is 37.6 Å². The fraction of sp³-hybridized carbons (Fsp3) is 0.500. The molecule has 0 radical (unpaired) electrons. The van der Waals surface area contributed by atoms with Gasteiger partial charge in [-0.1, -0.05) is 6.92 Å². The lowest BCUT2D eigenvalue weighted by Gasteiger charge is -2.40. The predicted octanol–water partition coefficient (Wildman–Crippen LogP) is 5.93. The van der Waals surface area contributed by atoms with Crippen LogP contribution in [-0.2, 0) is 17.1 Å². The van der Waals surface area contributed by atoms with Crippen molar-refractivity contribution in [2.24, 2.45) is 0 Å². The zero-order chi connectivity index (χ0) is 24.2. The second-order valence-corrected chi connectivity index (χ2v) is 7.63. The lowest BCUT2D eigenvalue weighted by molar-refractivity contribution is -0.138. The Balaban J connectivity index is 1.73. The average molecular weight is 478 g/mol. The minimum absolute atomic E-state index is 0.0641. The highest BCUT2D eigenvalue weighted by Crippen LogP contribution is 2.38. The van der Waals surface area contributed by atoms with Crippen LogP contribution in [0.1, 0.15) is 37.3 Å². The Kier molecular flexibility index (Phi) is 7.61. The van der Waals surface area contributed by atoms with Crippen LogP contribution in [0.5, 0.6) is 11.5 Å². The summed E-state index contributed by atoms with van der Waals surface area (Å²) in [5.41, 5.74) is -1.68. The third-order valence-electron chi connectivity index (χ3n) is 5.41. The second kappa shape index (κ2) is 10.1. The van der Waals surface area contributed by atoms with Crippen molar-refractivity contribution in [2.45, 2.75) is 50.7 Å². The number of hydrogen-bond donors (Lipinski definition) is 0. The van der Waals surface area contributed by atoms with Gasteiger partial charge in [0.25, 0.3) is 0 Å². The number of aromatic nitrogens is 1. The summed E-state index contributed by atoms with van der Waals surface area (Å²) in [6, 6.07) is 5.29. The van der Waals surface area contributed by atoms with Gasteiger partial charge >= 0.3 is 12.4 Å². The van der Waals surface area contributed by atoms with Gasteiger partial charge in [-0.2, -0.15) is 26.3 Å². The van der Waals surface area contributed by atoms with Crippen molar-refractivity contribution in [3.63, 3.8) is 0 Å². The van der Waals surface area contributed by atoms with Crippen molar-refractivity contribution in [3.8, 4) is 11.5 Å². The molecule has 1 aromatic carbocycles. The van der Waals surface area contributed by atoms with Gasteiger partial charge in [0.1, 0.15) is 11.9 Å². The van der Waals surface area contributed by atoms with Crippen LogP contribution in [0, 0.1) is 0 Å². The van der Waals surface area contributed by atoms with E-state index in [1.165, 1.54) is 19.2 Å². The molecule has 1 aliphatic heterocycles. The van der Waals surface area contributed by atoms with Crippen LogP contribution in [0.15, 0.2) is 36.5 Å². The van der Waals surface area contributed by atoms with E-state index in [2.05, 4.69) is 4.98 Å². The number of piperidine rings is 1. The molecule has 182 valence electrons. The first kappa shape index (κ1) is 24.9. The Morgan fingerprint density at radius 2 is 1.70 bits per heavy atom. The molecule has 0 unspecified atom stereocenters. The van der Waals surface area contributed by atoms with E-state index in [1.807, 2.05) is 11.8 Å². The summed E-state index contributed by atoms with van der Waals surface area (Å²) in [7, 11) is 1.35. The number of alkyl halides is 6. The molecule has 2 atom stereocenters. The highest BCUT2D eigenvalue weighted by Gasteiger charge is 2.34. The number of halogens is 6. The van der Waals surface area contributed by atoms with Gasteiger partial charge in [-0.15, -0.1) is 0 Å². The zero-order valence-electron chi connectivity index (χ0n) is 18.0. The van der Waals surface area contributed by atoms with Gasteiger partial charge in [-0.05, 0) is 36.8 Å². The summed E-state index contributed by atoms with van der Waals surface area (Å²) in [5.74, 6) is 0.527. The van der Waals surface area contributed by atoms with E-state index < -0.39 is 23.5 Å². The van der Waals surface area contributed by atoms with E-state index in [0.29, 0.717) is 31.6 Å². The van der Waals surface area contributed by atoms with Crippen molar-refractivity contribution in [1.29, 1.82) is 0 Å². The molecular formula is C22H24F6N2O3. The van der Waals surface area contributed by atoms with Crippen LogP contribution >= 0.6 is 0 Å². The molecule has 0 saturated carbocycles. The number of benzene rings is 1. The van der Waals surface area contributed by atoms with Gasteiger partial charge in [-0.25, -0.2) is 4.98 Å². The molecule has 0 aliphatic carbocycles. The normalized spacial score (nSPS) is 19.5. The minimum Gasteiger partial charge on any atom is -0.486 e. The maximum absolute atomic E-state index is 13.1. The largest absolute Gasteiger partial charge is 0.486 e. The van der Waals surface area contributed by atoms with Gasteiger partial charge in [0.15, 0.2) is 18.3 Å². The van der Waals surface area contributed by atoms with Gasteiger partial charge in [-0.3, -0.25) is 0 Å². The van der Waals surface area contributed by atoms with Gasteiger partial charge in [0.05, 0.1) is 11.1 Å².